The number of thioether (sulfide) groups is 1. The molecule has 2 aliphatic rings. The van der Waals surface area contributed by atoms with Gasteiger partial charge in [0.2, 0.25) is 0 Å². The van der Waals surface area contributed by atoms with E-state index in [0.717, 1.165) is 16.9 Å². The van der Waals surface area contributed by atoms with Gasteiger partial charge in [-0.1, -0.05) is 42.5 Å². The molecule has 1 unspecified atom stereocenters. The van der Waals surface area contributed by atoms with E-state index >= 15 is 0 Å². The standard InChI is InChI=1S/C28H28N2O4S/c1-18-10-11-20(16-19(18)2)21-6-3-4-7-22(21)28(32)30-12-15-35-25(30)17-29-27(31)23-8-5-9-24-26(23)34-14-13-33-24/h3-11,16,25H,12-15,17H2,1-2H3,(H,29,31). The van der Waals surface area contributed by atoms with Crippen molar-refractivity contribution in [2.24, 2.45) is 0 Å². The van der Waals surface area contributed by atoms with Gasteiger partial charge < -0.3 is 19.7 Å². The second-order valence-electron chi connectivity index (χ2n) is 8.71. The zero-order valence-corrected chi connectivity index (χ0v) is 20.7. The van der Waals surface area contributed by atoms with E-state index < -0.39 is 0 Å². The Hall–Kier alpha value is -3.45. The van der Waals surface area contributed by atoms with Crippen molar-refractivity contribution in [3.63, 3.8) is 0 Å². The van der Waals surface area contributed by atoms with Crippen LogP contribution in [-0.2, 0) is 0 Å². The number of carbonyl (C=O) groups is 2. The summed E-state index contributed by atoms with van der Waals surface area (Å²) in [6.45, 7) is 6.05. The van der Waals surface area contributed by atoms with Crippen LogP contribution < -0.4 is 14.8 Å². The van der Waals surface area contributed by atoms with Gasteiger partial charge in [-0.15, -0.1) is 11.8 Å². The zero-order valence-electron chi connectivity index (χ0n) is 19.9. The summed E-state index contributed by atoms with van der Waals surface area (Å²) in [7, 11) is 0. The first kappa shape index (κ1) is 23.3. The normalized spacial score (nSPS) is 16.7. The van der Waals surface area contributed by atoms with Crippen molar-refractivity contribution in [3.05, 3.63) is 82.9 Å². The summed E-state index contributed by atoms with van der Waals surface area (Å²) < 4.78 is 11.3. The van der Waals surface area contributed by atoms with E-state index in [0.29, 0.717) is 48.9 Å². The van der Waals surface area contributed by atoms with Gasteiger partial charge >= 0.3 is 0 Å². The summed E-state index contributed by atoms with van der Waals surface area (Å²) in [5, 5.41) is 2.86. The van der Waals surface area contributed by atoms with Gasteiger partial charge in [-0.2, -0.15) is 0 Å². The average Bonchev–Trinajstić information content (AvgIpc) is 3.37. The number of nitrogens with zero attached hydrogens (tertiary/aromatic N) is 1. The Balaban J connectivity index is 1.32. The first-order chi connectivity index (χ1) is 17.0. The molecule has 1 N–H and O–H groups in total. The maximum Gasteiger partial charge on any atom is 0.255 e. The van der Waals surface area contributed by atoms with Crippen LogP contribution in [0.5, 0.6) is 11.5 Å². The maximum absolute atomic E-state index is 13.7. The second-order valence-corrected chi connectivity index (χ2v) is 9.99. The van der Waals surface area contributed by atoms with Crippen molar-refractivity contribution in [2.45, 2.75) is 19.2 Å². The molecule has 2 amide bonds. The van der Waals surface area contributed by atoms with Crippen LogP contribution >= 0.6 is 11.8 Å². The summed E-state index contributed by atoms with van der Waals surface area (Å²) in [6.07, 6.45) is 0. The van der Waals surface area contributed by atoms with Crippen molar-refractivity contribution in [1.29, 1.82) is 0 Å². The lowest BCUT2D eigenvalue weighted by Gasteiger charge is -2.26. The molecule has 2 heterocycles. The molecule has 0 radical (unpaired) electrons. The lowest BCUT2D eigenvalue weighted by molar-refractivity contribution is 0.0751. The van der Waals surface area contributed by atoms with Crippen LogP contribution in [0.1, 0.15) is 31.8 Å². The van der Waals surface area contributed by atoms with Crippen LogP contribution in [0.15, 0.2) is 60.7 Å². The van der Waals surface area contributed by atoms with Crippen molar-refractivity contribution < 1.29 is 19.1 Å². The SMILES string of the molecule is Cc1ccc(-c2ccccc2C(=O)N2CCSC2CNC(=O)c2cccc3c2OCCO3)cc1C. The fourth-order valence-corrected chi connectivity index (χ4v) is 5.59. The van der Waals surface area contributed by atoms with Crippen molar-refractivity contribution in [2.75, 3.05) is 32.1 Å². The molecule has 2 aliphatic heterocycles. The predicted octanol–water partition coefficient (Wildman–Crippen LogP) is 4.69. The highest BCUT2D eigenvalue weighted by atomic mass is 32.2. The lowest BCUT2D eigenvalue weighted by atomic mass is 9.96. The van der Waals surface area contributed by atoms with E-state index in [1.54, 1.807) is 30.0 Å². The van der Waals surface area contributed by atoms with Gasteiger partial charge in [-0.25, -0.2) is 0 Å². The van der Waals surface area contributed by atoms with Crippen LogP contribution in [0.25, 0.3) is 11.1 Å². The monoisotopic (exact) mass is 488 g/mol. The zero-order chi connectivity index (χ0) is 24.4. The maximum atomic E-state index is 13.7. The van der Waals surface area contributed by atoms with Crippen LogP contribution in [-0.4, -0.2) is 54.1 Å². The van der Waals surface area contributed by atoms with Gasteiger partial charge in [-0.05, 0) is 54.3 Å². The Morgan fingerprint density at radius 1 is 0.971 bits per heavy atom. The molecule has 180 valence electrons. The largest absolute Gasteiger partial charge is 0.486 e. The number of carbonyl (C=O) groups excluding carboxylic acids is 2. The molecule has 0 saturated carbocycles. The molecule has 6 nitrogen and oxygen atoms in total. The quantitative estimate of drug-likeness (QED) is 0.565. The van der Waals surface area contributed by atoms with Gasteiger partial charge in [0.25, 0.3) is 11.8 Å². The third-order valence-electron chi connectivity index (χ3n) is 6.47. The Labute approximate surface area is 209 Å². The van der Waals surface area contributed by atoms with E-state index in [4.69, 9.17) is 9.47 Å². The van der Waals surface area contributed by atoms with Crippen LogP contribution in [0.2, 0.25) is 0 Å². The molecule has 1 saturated heterocycles. The number of ether oxygens (including phenoxy) is 2. The number of hydrogen-bond acceptors (Lipinski definition) is 5. The Kier molecular flexibility index (Phi) is 6.68. The molecule has 35 heavy (non-hydrogen) atoms. The number of amides is 2. The molecular formula is C28H28N2O4S. The molecule has 3 aromatic carbocycles. The highest BCUT2D eigenvalue weighted by Gasteiger charge is 2.32. The summed E-state index contributed by atoms with van der Waals surface area (Å²) in [5.41, 5.74) is 5.50. The van der Waals surface area contributed by atoms with E-state index in [1.807, 2.05) is 29.2 Å². The Morgan fingerprint density at radius 3 is 2.63 bits per heavy atom. The fourth-order valence-electron chi connectivity index (χ4n) is 4.44. The third kappa shape index (κ3) is 4.73. The summed E-state index contributed by atoms with van der Waals surface area (Å²) in [4.78, 5) is 28.5. The minimum atomic E-state index is -0.234. The van der Waals surface area contributed by atoms with Gasteiger partial charge in [0.05, 0.1) is 10.9 Å². The van der Waals surface area contributed by atoms with Gasteiger partial charge in [-0.3, -0.25) is 9.59 Å². The summed E-state index contributed by atoms with van der Waals surface area (Å²) >= 11 is 1.68. The Bertz CT molecular complexity index is 1280. The number of aryl methyl sites for hydroxylation is 2. The molecule has 7 heteroatoms. The third-order valence-corrected chi connectivity index (χ3v) is 7.70. The molecule has 0 spiro atoms. The number of fused-ring (bicyclic) bond motifs is 1. The van der Waals surface area contributed by atoms with E-state index in [9.17, 15) is 9.59 Å². The van der Waals surface area contributed by atoms with Gasteiger partial charge in [0.1, 0.15) is 13.2 Å². The minimum absolute atomic E-state index is 0.0168. The second kappa shape index (κ2) is 10.0. The van der Waals surface area contributed by atoms with Crippen molar-refractivity contribution in [3.8, 4) is 22.6 Å². The molecule has 1 fully saturated rings. The van der Waals surface area contributed by atoms with Gasteiger partial charge in [0.15, 0.2) is 11.5 Å². The van der Waals surface area contributed by atoms with E-state index in [1.165, 1.54) is 11.1 Å². The first-order valence-electron chi connectivity index (χ1n) is 11.8. The number of rotatable bonds is 5. The number of hydrogen-bond donors (Lipinski definition) is 1. The van der Waals surface area contributed by atoms with Crippen molar-refractivity contribution in [1.82, 2.24) is 10.2 Å². The fraction of sp³-hybridized carbons (Fsp3) is 0.286. The molecule has 0 aliphatic carbocycles. The first-order valence-corrected chi connectivity index (χ1v) is 12.8. The lowest BCUT2D eigenvalue weighted by Crippen LogP contribution is -2.42. The predicted molar refractivity (Wildman–Crippen MR) is 138 cm³/mol. The number of benzene rings is 3. The van der Waals surface area contributed by atoms with Crippen LogP contribution in [0.3, 0.4) is 0 Å². The smallest absolute Gasteiger partial charge is 0.255 e. The summed E-state index contributed by atoms with van der Waals surface area (Å²) in [6, 6.07) is 19.3. The highest BCUT2D eigenvalue weighted by Crippen LogP contribution is 2.34. The molecule has 0 aromatic heterocycles. The highest BCUT2D eigenvalue weighted by molar-refractivity contribution is 8.00. The molecule has 0 bridgehead atoms. The van der Waals surface area contributed by atoms with Crippen molar-refractivity contribution >= 4 is 23.6 Å². The number of nitrogens with one attached hydrogen (secondary N) is 1. The number of para-hydroxylation sites is 1. The Morgan fingerprint density at radius 2 is 1.77 bits per heavy atom. The molecule has 1 atom stereocenters. The average molecular weight is 489 g/mol. The van der Waals surface area contributed by atoms with Crippen LogP contribution in [0, 0.1) is 13.8 Å². The summed E-state index contributed by atoms with van der Waals surface area (Å²) in [5.74, 6) is 1.64. The molecular weight excluding hydrogens is 460 g/mol. The van der Waals surface area contributed by atoms with Crippen LogP contribution in [0.4, 0.5) is 0 Å². The minimum Gasteiger partial charge on any atom is -0.486 e. The topological polar surface area (TPSA) is 67.9 Å². The van der Waals surface area contributed by atoms with Gasteiger partial charge in [0, 0.05) is 24.4 Å². The van der Waals surface area contributed by atoms with E-state index in [-0.39, 0.29) is 17.2 Å². The molecule has 3 aromatic rings. The van der Waals surface area contributed by atoms with E-state index in [2.05, 4.69) is 37.4 Å². The molecule has 5 rings (SSSR count).